The number of benzene rings is 2. The third-order valence-corrected chi connectivity index (χ3v) is 4.88. The van der Waals surface area contributed by atoms with E-state index in [-0.39, 0.29) is 5.91 Å². The van der Waals surface area contributed by atoms with E-state index in [1.54, 1.807) is 4.90 Å². The van der Waals surface area contributed by atoms with Gasteiger partial charge in [0.1, 0.15) is 0 Å². The van der Waals surface area contributed by atoms with E-state index in [4.69, 9.17) is 0 Å². The number of aliphatic hydroxyl groups is 1. The highest BCUT2D eigenvalue weighted by atomic mass is 16.3. The fraction of sp³-hybridized carbons (Fsp3) is 0.350. The van der Waals surface area contributed by atoms with E-state index in [1.165, 1.54) is 10.8 Å². The summed E-state index contributed by atoms with van der Waals surface area (Å²) >= 11 is 0. The Hall–Kier alpha value is -2.33. The lowest BCUT2D eigenvalue weighted by atomic mass is 10.1. The van der Waals surface area contributed by atoms with Crippen molar-refractivity contribution >= 4 is 27.7 Å². The van der Waals surface area contributed by atoms with E-state index in [2.05, 4.69) is 28.8 Å². The molecule has 4 heteroatoms. The molecule has 1 unspecified atom stereocenters. The SMILES string of the molecule is CC(O)(CN1CCCC1=O)Cn1c2ccccc2c2ccccc21. The standard InChI is InChI=1S/C20H22N2O2/c1-20(24,13-21-12-6-11-19(21)23)14-22-17-9-4-2-7-15(17)16-8-3-5-10-18(16)22/h2-5,7-10,24H,6,11-14H2,1H3. The van der Waals surface area contributed by atoms with Crippen molar-refractivity contribution in [2.24, 2.45) is 0 Å². The molecule has 0 spiro atoms. The molecule has 0 aliphatic carbocycles. The number of carbonyl (C=O) groups excluding carboxylic acids is 1. The first-order valence-corrected chi connectivity index (χ1v) is 8.51. The van der Waals surface area contributed by atoms with Gasteiger partial charge in [-0.15, -0.1) is 0 Å². The Balaban J connectivity index is 1.73. The molecule has 0 saturated carbocycles. The van der Waals surface area contributed by atoms with Crippen LogP contribution in [-0.2, 0) is 11.3 Å². The molecule has 1 amide bonds. The van der Waals surface area contributed by atoms with Crippen LogP contribution in [0.3, 0.4) is 0 Å². The van der Waals surface area contributed by atoms with Crippen LogP contribution < -0.4 is 0 Å². The molecule has 1 atom stereocenters. The van der Waals surface area contributed by atoms with Crippen LogP contribution in [0.15, 0.2) is 48.5 Å². The van der Waals surface area contributed by atoms with Crippen molar-refractivity contribution in [2.75, 3.05) is 13.1 Å². The van der Waals surface area contributed by atoms with Gasteiger partial charge >= 0.3 is 0 Å². The first-order valence-electron chi connectivity index (χ1n) is 8.51. The maximum Gasteiger partial charge on any atom is 0.222 e. The molecule has 1 saturated heterocycles. The molecular formula is C20H22N2O2. The van der Waals surface area contributed by atoms with Gasteiger partial charge in [0.15, 0.2) is 0 Å². The fourth-order valence-corrected chi connectivity index (χ4v) is 3.85. The van der Waals surface area contributed by atoms with Crippen LogP contribution in [0.4, 0.5) is 0 Å². The molecule has 3 aromatic rings. The first kappa shape index (κ1) is 15.2. The average molecular weight is 322 g/mol. The first-order chi connectivity index (χ1) is 11.6. The highest BCUT2D eigenvalue weighted by Crippen LogP contribution is 2.30. The maximum absolute atomic E-state index is 11.9. The zero-order valence-electron chi connectivity index (χ0n) is 13.9. The van der Waals surface area contributed by atoms with Crippen molar-refractivity contribution in [1.29, 1.82) is 0 Å². The van der Waals surface area contributed by atoms with Gasteiger partial charge in [-0.3, -0.25) is 4.79 Å². The number of hydrogen-bond donors (Lipinski definition) is 1. The normalized spacial score (nSPS) is 17.8. The predicted molar refractivity (Wildman–Crippen MR) is 95.9 cm³/mol. The van der Waals surface area contributed by atoms with E-state index in [1.807, 2.05) is 31.2 Å². The van der Waals surface area contributed by atoms with Crippen LogP contribution in [0.2, 0.25) is 0 Å². The number of rotatable bonds is 4. The number of fused-ring (bicyclic) bond motifs is 3. The summed E-state index contributed by atoms with van der Waals surface area (Å²) in [5.74, 6) is 0.150. The smallest absolute Gasteiger partial charge is 0.222 e. The minimum atomic E-state index is -0.968. The third kappa shape index (κ3) is 2.57. The maximum atomic E-state index is 11.9. The van der Waals surface area contributed by atoms with Crippen LogP contribution in [0.25, 0.3) is 21.8 Å². The number of carbonyl (C=O) groups is 1. The van der Waals surface area contributed by atoms with E-state index in [0.29, 0.717) is 19.5 Å². The minimum Gasteiger partial charge on any atom is -0.386 e. The Labute approximate surface area is 141 Å². The Kier molecular flexibility index (Phi) is 3.57. The molecule has 1 aliphatic heterocycles. The van der Waals surface area contributed by atoms with E-state index >= 15 is 0 Å². The highest BCUT2D eigenvalue weighted by molar-refractivity contribution is 6.07. The third-order valence-electron chi connectivity index (χ3n) is 4.88. The molecule has 0 bridgehead atoms. The molecule has 4 rings (SSSR count). The molecule has 1 N–H and O–H groups in total. The molecular weight excluding hydrogens is 300 g/mol. The van der Waals surface area contributed by atoms with E-state index in [0.717, 1.165) is 24.0 Å². The second kappa shape index (κ2) is 5.64. The summed E-state index contributed by atoms with van der Waals surface area (Å²) in [6, 6.07) is 16.5. The minimum absolute atomic E-state index is 0.150. The lowest BCUT2D eigenvalue weighted by Crippen LogP contribution is -2.44. The number of amides is 1. The molecule has 1 aromatic heterocycles. The average Bonchev–Trinajstić information content (AvgIpc) is 3.10. The van der Waals surface area contributed by atoms with Gasteiger partial charge in [-0.2, -0.15) is 0 Å². The highest BCUT2D eigenvalue weighted by Gasteiger charge is 2.30. The van der Waals surface area contributed by atoms with Crippen LogP contribution in [0.5, 0.6) is 0 Å². The van der Waals surface area contributed by atoms with Gasteiger partial charge in [-0.25, -0.2) is 0 Å². The summed E-state index contributed by atoms with van der Waals surface area (Å²) < 4.78 is 2.17. The van der Waals surface area contributed by atoms with Gasteiger partial charge in [-0.1, -0.05) is 36.4 Å². The number of aromatic nitrogens is 1. The summed E-state index contributed by atoms with van der Waals surface area (Å²) in [4.78, 5) is 13.7. The zero-order chi connectivity index (χ0) is 16.7. The van der Waals surface area contributed by atoms with Crippen LogP contribution in [0, 0.1) is 0 Å². The van der Waals surface area contributed by atoms with Gasteiger partial charge < -0.3 is 14.6 Å². The summed E-state index contributed by atoms with van der Waals surface area (Å²) in [5, 5.41) is 13.4. The summed E-state index contributed by atoms with van der Waals surface area (Å²) in [6.45, 7) is 3.42. The second-order valence-electron chi connectivity index (χ2n) is 7.04. The van der Waals surface area contributed by atoms with Crippen LogP contribution in [-0.4, -0.2) is 39.2 Å². The molecule has 4 nitrogen and oxygen atoms in total. The number of para-hydroxylation sites is 2. The lowest BCUT2D eigenvalue weighted by Gasteiger charge is -2.30. The van der Waals surface area contributed by atoms with Gasteiger partial charge in [0, 0.05) is 34.8 Å². The Bertz CT molecular complexity index is 857. The summed E-state index contributed by atoms with van der Waals surface area (Å²) in [7, 11) is 0. The number of hydrogen-bond acceptors (Lipinski definition) is 2. The van der Waals surface area contributed by atoms with Crippen molar-refractivity contribution in [3.8, 4) is 0 Å². The van der Waals surface area contributed by atoms with E-state index < -0.39 is 5.60 Å². The topological polar surface area (TPSA) is 45.5 Å². The van der Waals surface area contributed by atoms with Crippen molar-refractivity contribution in [3.63, 3.8) is 0 Å². The molecule has 1 fully saturated rings. The second-order valence-corrected chi connectivity index (χ2v) is 7.04. The number of likely N-dealkylation sites (tertiary alicyclic amines) is 1. The number of nitrogens with zero attached hydrogens (tertiary/aromatic N) is 2. The monoisotopic (exact) mass is 322 g/mol. The largest absolute Gasteiger partial charge is 0.386 e. The van der Waals surface area contributed by atoms with Gasteiger partial charge in [0.2, 0.25) is 5.91 Å². The zero-order valence-corrected chi connectivity index (χ0v) is 13.9. The van der Waals surface area contributed by atoms with Gasteiger partial charge in [0.05, 0.1) is 18.7 Å². The molecule has 0 radical (unpaired) electrons. The summed E-state index contributed by atoms with van der Waals surface area (Å²) in [5.41, 5.74) is 1.27. The van der Waals surface area contributed by atoms with Crippen LogP contribution >= 0.6 is 0 Å². The fourth-order valence-electron chi connectivity index (χ4n) is 3.85. The Morgan fingerprint density at radius 1 is 1.00 bits per heavy atom. The van der Waals surface area contributed by atoms with Crippen molar-refractivity contribution in [1.82, 2.24) is 9.47 Å². The Morgan fingerprint density at radius 3 is 2.12 bits per heavy atom. The quantitative estimate of drug-likeness (QED) is 0.802. The molecule has 2 heterocycles. The molecule has 2 aromatic carbocycles. The van der Waals surface area contributed by atoms with Crippen LogP contribution in [0.1, 0.15) is 19.8 Å². The van der Waals surface area contributed by atoms with Gasteiger partial charge in [-0.05, 0) is 25.5 Å². The van der Waals surface area contributed by atoms with E-state index in [9.17, 15) is 9.90 Å². The lowest BCUT2D eigenvalue weighted by molar-refractivity contribution is -0.130. The molecule has 24 heavy (non-hydrogen) atoms. The van der Waals surface area contributed by atoms with Gasteiger partial charge in [0.25, 0.3) is 0 Å². The van der Waals surface area contributed by atoms with Crippen molar-refractivity contribution in [3.05, 3.63) is 48.5 Å². The molecule has 124 valence electrons. The summed E-state index contributed by atoms with van der Waals surface area (Å²) in [6.07, 6.45) is 1.50. The van der Waals surface area contributed by atoms with Crippen molar-refractivity contribution in [2.45, 2.75) is 31.9 Å². The predicted octanol–water partition coefficient (Wildman–Crippen LogP) is 3.17. The Morgan fingerprint density at radius 2 is 1.58 bits per heavy atom. The molecule has 1 aliphatic rings. The van der Waals surface area contributed by atoms with Crippen molar-refractivity contribution < 1.29 is 9.90 Å². The number of β-amino-alcohol motifs (C(OH)–C–C–N with tert-alkyl or cyclic N) is 1.